The molecule has 11 nitrogen and oxygen atoms in total. The van der Waals surface area contributed by atoms with Crippen molar-refractivity contribution >= 4 is 33.4 Å². The Bertz CT molecular complexity index is 1510. The molecule has 5 heterocycles. The summed E-state index contributed by atoms with van der Waals surface area (Å²) in [4.78, 5) is 30.8. The van der Waals surface area contributed by atoms with Gasteiger partial charge in [-0.15, -0.1) is 0 Å². The first-order valence-electron chi connectivity index (χ1n) is 11.3. The Morgan fingerprint density at radius 3 is 2.85 bits per heavy atom. The smallest absolute Gasteiger partial charge is 0.261 e. The highest BCUT2D eigenvalue weighted by molar-refractivity contribution is 5.96. The number of ether oxygens (including phenoxy) is 1. The predicted molar refractivity (Wildman–Crippen MR) is 128 cm³/mol. The molecule has 1 saturated heterocycles. The number of rotatable bonds is 6. The highest BCUT2D eigenvalue weighted by atomic mass is 16.5. The average Bonchev–Trinajstić information content (AvgIpc) is 3.61. The van der Waals surface area contributed by atoms with Gasteiger partial charge in [0.05, 0.1) is 47.7 Å². The fourth-order valence-corrected chi connectivity index (χ4v) is 4.31. The van der Waals surface area contributed by atoms with Crippen LogP contribution in [0, 0.1) is 0 Å². The van der Waals surface area contributed by atoms with Crippen LogP contribution in [0.1, 0.15) is 12.6 Å². The summed E-state index contributed by atoms with van der Waals surface area (Å²) in [6.45, 7) is 6.18. The molecule has 0 spiro atoms. The molecule has 0 bridgehead atoms. The zero-order chi connectivity index (χ0) is 23.1. The fraction of sp³-hybridized carbons (Fsp3) is 0.304. The van der Waals surface area contributed by atoms with Crippen LogP contribution in [0.4, 0.5) is 11.4 Å². The van der Waals surface area contributed by atoms with Gasteiger partial charge >= 0.3 is 0 Å². The predicted octanol–water partition coefficient (Wildman–Crippen LogP) is 2.72. The number of nitrogens with zero attached hydrogens (tertiary/aromatic N) is 5. The molecule has 4 aromatic heterocycles. The van der Waals surface area contributed by atoms with E-state index in [4.69, 9.17) is 14.1 Å². The number of hydrogen-bond acceptors (Lipinski definition) is 8. The van der Waals surface area contributed by atoms with Crippen LogP contribution < -0.4 is 15.8 Å². The molecule has 0 atom stereocenters. The van der Waals surface area contributed by atoms with Crippen LogP contribution in [0.2, 0.25) is 0 Å². The number of oxazole rings is 1. The molecule has 0 unspecified atom stereocenters. The van der Waals surface area contributed by atoms with Crippen molar-refractivity contribution < 1.29 is 9.15 Å². The maximum atomic E-state index is 13.3. The lowest BCUT2D eigenvalue weighted by molar-refractivity contribution is 0.122. The lowest BCUT2D eigenvalue weighted by Crippen LogP contribution is -2.36. The molecule has 1 aliphatic rings. The number of morpholine rings is 1. The van der Waals surface area contributed by atoms with Crippen molar-refractivity contribution in [3.05, 3.63) is 53.1 Å². The molecule has 174 valence electrons. The van der Waals surface area contributed by atoms with Crippen LogP contribution >= 0.6 is 0 Å². The van der Waals surface area contributed by atoms with Gasteiger partial charge in [-0.2, -0.15) is 5.10 Å². The SMILES string of the molecule is CCn1cc2[nH]c(=O)c(-c3nc4ccc(N5CCOCC5)cc4[nH]3)c(NCc3cocn3)c2n1. The van der Waals surface area contributed by atoms with Crippen LogP contribution in [0.25, 0.3) is 33.5 Å². The van der Waals surface area contributed by atoms with Crippen molar-refractivity contribution in [1.82, 2.24) is 29.7 Å². The lowest BCUT2D eigenvalue weighted by Gasteiger charge is -2.28. The van der Waals surface area contributed by atoms with Crippen LogP contribution in [0.5, 0.6) is 0 Å². The summed E-state index contributed by atoms with van der Waals surface area (Å²) < 4.78 is 12.3. The molecule has 1 aliphatic heterocycles. The Labute approximate surface area is 193 Å². The van der Waals surface area contributed by atoms with Gasteiger partial charge in [-0.05, 0) is 25.1 Å². The molecule has 0 radical (unpaired) electrons. The molecule has 11 heteroatoms. The molecule has 1 fully saturated rings. The van der Waals surface area contributed by atoms with Gasteiger partial charge < -0.3 is 29.3 Å². The number of anilines is 2. The molecule has 34 heavy (non-hydrogen) atoms. The van der Waals surface area contributed by atoms with Gasteiger partial charge in [0.1, 0.15) is 23.2 Å². The number of nitrogens with one attached hydrogen (secondary N) is 3. The van der Waals surface area contributed by atoms with Gasteiger partial charge in [-0.25, -0.2) is 9.97 Å². The van der Waals surface area contributed by atoms with E-state index in [9.17, 15) is 4.79 Å². The average molecular weight is 460 g/mol. The van der Waals surface area contributed by atoms with Crippen molar-refractivity contribution in [2.45, 2.75) is 20.0 Å². The Kier molecular flexibility index (Phi) is 5.02. The number of pyridine rings is 1. The normalized spacial score (nSPS) is 14.3. The molecule has 0 amide bonds. The molecular formula is C23H24N8O3. The van der Waals surface area contributed by atoms with E-state index in [0.717, 1.165) is 29.8 Å². The van der Waals surface area contributed by atoms with Crippen molar-refractivity contribution in [2.24, 2.45) is 0 Å². The van der Waals surface area contributed by atoms with Crippen LogP contribution in [-0.2, 0) is 17.8 Å². The molecule has 0 saturated carbocycles. The maximum Gasteiger partial charge on any atom is 0.261 e. The summed E-state index contributed by atoms with van der Waals surface area (Å²) in [5.74, 6) is 0.478. The summed E-state index contributed by atoms with van der Waals surface area (Å²) >= 11 is 0. The van der Waals surface area contributed by atoms with E-state index in [-0.39, 0.29) is 5.56 Å². The summed E-state index contributed by atoms with van der Waals surface area (Å²) in [7, 11) is 0. The summed E-state index contributed by atoms with van der Waals surface area (Å²) in [5, 5.41) is 8.01. The Morgan fingerprint density at radius 2 is 2.06 bits per heavy atom. The Balaban J connectivity index is 1.46. The second-order valence-electron chi connectivity index (χ2n) is 8.17. The van der Waals surface area contributed by atoms with Gasteiger partial charge in [0, 0.05) is 31.5 Å². The van der Waals surface area contributed by atoms with E-state index < -0.39 is 0 Å². The van der Waals surface area contributed by atoms with Gasteiger partial charge in [0.25, 0.3) is 5.56 Å². The molecule has 0 aliphatic carbocycles. The van der Waals surface area contributed by atoms with Gasteiger partial charge in [-0.3, -0.25) is 9.48 Å². The topological polar surface area (TPSA) is 130 Å². The minimum atomic E-state index is -0.252. The van der Waals surface area contributed by atoms with Crippen LogP contribution in [0.3, 0.4) is 0 Å². The zero-order valence-corrected chi connectivity index (χ0v) is 18.7. The molecule has 5 aromatic rings. The number of aryl methyl sites for hydroxylation is 1. The van der Waals surface area contributed by atoms with Gasteiger partial charge in [0.15, 0.2) is 6.39 Å². The first-order chi connectivity index (χ1) is 16.7. The third-order valence-corrected chi connectivity index (χ3v) is 6.06. The second kappa shape index (κ2) is 8.34. The van der Waals surface area contributed by atoms with E-state index in [0.29, 0.717) is 60.1 Å². The van der Waals surface area contributed by atoms with E-state index in [1.165, 1.54) is 6.39 Å². The summed E-state index contributed by atoms with van der Waals surface area (Å²) in [6.07, 6.45) is 4.77. The van der Waals surface area contributed by atoms with Gasteiger partial charge in [-0.1, -0.05) is 0 Å². The highest BCUT2D eigenvalue weighted by Gasteiger charge is 2.21. The summed E-state index contributed by atoms with van der Waals surface area (Å²) in [6, 6.07) is 6.09. The standard InChI is InChI=1S/C23H24N8O3/c1-2-31-11-18-20(29-31)21(24-10-14-12-34-13-25-14)19(23(32)28-18)22-26-16-4-3-15(9-17(16)27-22)30-5-7-33-8-6-30/h3-4,9,11-13,24H,2,5-8,10H2,1H3,(H,26,27)(H,28,32). The Hall–Kier alpha value is -4.12. The number of imidazole rings is 1. The number of aromatic nitrogens is 6. The van der Waals surface area contributed by atoms with E-state index in [1.807, 2.05) is 19.2 Å². The first-order valence-corrected chi connectivity index (χ1v) is 11.3. The van der Waals surface area contributed by atoms with Gasteiger partial charge in [0.2, 0.25) is 0 Å². The molecule has 3 N–H and O–H groups in total. The lowest BCUT2D eigenvalue weighted by atomic mass is 10.2. The third-order valence-electron chi connectivity index (χ3n) is 6.06. The largest absolute Gasteiger partial charge is 0.451 e. The monoisotopic (exact) mass is 460 g/mol. The van der Waals surface area contributed by atoms with E-state index >= 15 is 0 Å². The molecular weight excluding hydrogens is 436 g/mol. The van der Waals surface area contributed by atoms with Crippen molar-refractivity contribution in [3.8, 4) is 11.4 Å². The third kappa shape index (κ3) is 3.59. The molecule has 6 rings (SSSR count). The quantitative estimate of drug-likeness (QED) is 0.353. The minimum absolute atomic E-state index is 0.252. The van der Waals surface area contributed by atoms with E-state index in [2.05, 4.69) is 42.4 Å². The number of hydrogen-bond donors (Lipinski definition) is 3. The highest BCUT2D eigenvalue weighted by Crippen LogP contribution is 2.31. The molecule has 1 aromatic carbocycles. The summed E-state index contributed by atoms with van der Waals surface area (Å²) in [5.41, 5.74) is 5.53. The van der Waals surface area contributed by atoms with Crippen molar-refractivity contribution in [2.75, 3.05) is 36.5 Å². The minimum Gasteiger partial charge on any atom is -0.451 e. The number of aromatic amines is 2. The first kappa shape index (κ1) is 20.5. The van der Waals surface area contributed by atoms with Crippen LogP contribution in [0.15, 0.2) is 46.3 Å². The number of benzene rings is 1. The fourth-order valence-electron chi connectivity index (χ4n) is 4.31. The Morgan fingerprint density at radius 1 is 1.18 bits per heavy atom. The zero-order valence-electron chi connectivity index (χ0n) is 18.7. The number of H-pyrrole nitrogens is 2. The number of fused-ring (bicyclic) bond motifs is 2. The van der Waals surface area contributed by atoms with Crippen molar-refractivity contribution in [1.29, 1.82) is 0 Å². The second-order valence-corrected chi connectivity index (χ2v) is 8.17. The van der Waals surface area contributed by atoms with Crippen molar-refractivity contribution in [3.63, 3.8) is 0 Å². The van der Waals surface area contributed by atoms with E-state index in [1.54, 1.807) is 10.9 Å². The van der Waals surface area contributed by atoms with Crippen LogP contribution in [-0.4, -0.2) is 56.0 Å². The maximum absolute atomic E-state index is 13.3.